The maximum atomic E-state index is 10.6. The van der Waals surface area contributed by atoms with Gasteiger partial charge in [0.2, 0.25) is 0 Å². The first-order valence-corrected chi connectivity index (χ1v) is 6.21. The summed E-state index contributed by atoms with van der Waals surface area (Å²) in [6.07, 6.45) is 6.74. The van der Waals surface area contributed by atoms with E-state index in [1.807, 2.05) is 36.4 Å². The Labute approximate surface area is 104 Å². The number of benzene rings is 1. The third-order valence-corrected chi connectivity index (χ3v) is 2.92. The van der Waals surface area contributed by atoms with E-state index in [9.17, 15) is 4.79 Å². The van der Waals surface area contributed by atoms with Crippen molar-refractivity contribution in [1.29, 1.82) is 0 Å². The molecule has 0 saturated heterocycles. The minimum Gasteiger partial charge on any atom is -0.326 e. The Bertz CT molecular complexity index is 356. The van der Waals surface area contributed by atoms with Gasteiger partial charge in [0.25, 0.3) is 0 Å². The number of hydrogen-bond donors (Lipinski definition) is 1. The van der Waals surface area contributed by atoms with Gasteiger partial charge in [0, 0.05) is 13.0 Å². The Morgan fingerprint density at radius 1 is 1.29 bits per heavy atom. The minimum absolute atomic E-state index is 0.291. The normalized spacial score (nSPS) is 18.5. The van der Waals surface area contributed by atoms with Crippen LogP contribution in [0.1, 0.15) is 31.7 Å². The maximum Gasteiger partial charge on any atom is 0.155 e. The van der Waals surface area contributed by atoms with Crippen LogP contribution in [0.25, 0.3) is 0 Å². The molecule has 2 rings (SSSR count). The van der Waals surface area contributed by atoms with Crippen LogP contribution in [0.4, 0.5) is 0 Å². The fourth-order valence-electron chi connectivity index (χ4n) is 1.70. The Kier molecular flexibility index (Phi) is 6.26. The van der Waals surface area contributed by atoms with Gasteiger partial charge in [-0.05, 0) is 30.4 Å². The third-order valence-electron chi connectivity index (χ3n) is 2.92. The van der Waals surface area contributed by atoms with Gasteiger partial charge >= 0.3 is 0 Å². The molecule has 0 aromatic heterocycles. The van der Waals surface area contributed by atoms with Gasteiger partial charge in [-0.2, -0.15) is 0 Å². The maximum absolute atomic E-state index is 10.6. The van der Waals surface area contributed by atoms with Gasteiger partial charge in [0.1, 0.15) is 0 Å². The summed E-state index contributed by atoms with van der Waals surface area (Å²) in [5.41, 5.74) is 6.54. The highest BCUT2D eigenvalue weighted by Crippen LogP contribution is 2.17. The number of carbonyl (C=O) groups excluding carboxylic acids is 1. The number of nitrogens with two attached hydrogens (primary N) is 1. The lowest BCUT2D eigenvalue weighted by molar-refractivity contribution is -0.115. The largest absolute Gasteiger partial charge is 0.326 e. The molecule has 1 aromatic carbocycles. The first-order chi connectivity index (χ1) is 8.26. The summed E-state index contributed by atoms with van der Waals surface area (Å²) in [7, 11) is 0. The molecule has 0 spiro atoms. The molecule has 1 aliphatic rings. The molecule has 0 radical (unpaired) electrons. The molecule has 0 amide bonds. The van der Waals surface area contributed by atoms with Gasteiger partial charge in [-0.3, -0.25) is 4.79 Å². The monoisotopic (exact) mass is 231 g/mol. The Balaban J connectivity index is 0.000000171. The van der Waals surface area contributed by atoms with Gasteiger partial charge in [-0.1, -0.05) is 43.3 Å². The summed E-state index contributed by atoms with van der Waals surface area (Å²) in [6, 6.07) is 9.99. The first kappa shape index (κ1) is 13.7. The molecule has 1 aromatic rings. The van der Waals surface area contributed by atoms with Crippen LogP contribution in [-0.2, 0) is 11.3 Å². The summed E-state index contributed by atoms with van der Waals surface area (Å²) >= 11 is 0. The van der Waals surface area contributed by atoms with E-state index in [1.165, 1.54) is 12.0 Å². The van der Waals surface area contributed by atoms with Crippen molar-refractivity contribution in [1.82, 2.24) is 0 Å². The SMILES string of the molecule is CCC1C=CC(=O)CC1.NCc1ccccc1. The molecular weight excluding hydrogens is 210 g/mol. The Morgan fingerprint density at radius 3 is 2.41 bits per heavy atom. The second-order valence-electron chi connectivity index (χ2n) is 4.22. The molecule has 1 atom stereocenters. The van der Waals surface area contributed by atoms with Gasteiger partial charge in [-0.15, -0.1) is 0 Å². The van der Waals surface area contributed by atoms with E-state index in [4.69, 9.17) is 5.73 Å². The molecule has 17 heavy (non-hydrogen) atoms. The fraction of sp³-hybridized carbons (Fsp3) is 0.400. The number of ketones is 1. The van der Waals surface area contributed by atoms with Crippen molar-refractivity contribution in [3.05, 3.63) is 48.0 Å². The molecule has 0 aliphatic heterocycles. The molecule has 1 aliphatic carbocycles. The summed E-state index contributed by atoms with van der Waals surface area (Å²) in [5.74, 6) is 0.961. The van der Waals surface area contributed by atoms with E-state index >= 15 is 0 Å². The molecule has 2 N–H and O–H groups in total. The molecule has 92 valence electrons. The third kappa shape index (κ3) is 5.45. The van der Waals surface area contributed by atoms with E-state index in [-0.39, 0.29) is 0 Å². The molecule has 0 saturated carbocycles. The topological polar surface area (TPSA) is 43.1 Å². The second kappa shape index (κ2) is 7.80. The van der Waals surface area contributed by atoms with E-state index in [1.54, 1.807) is 6.08 Å². The van der Waals surface area contributed by atoms with Crippen LogP contribution in [0, 0.1) is 5.92 Å². The fourth-order valence-corrected chi connectivity index (χ4v) is 1.70. The van der Waals surface area contributed by atoms with Crippen molar-refractivity contribution in [2.75, 3.05) is 0 Å². The number of rotatable bonds is 2. The van der Waals surface area contributed by atoms with Crippen LogP contribution in [0.5, 0.6) is 0 Å². The Morgan fingerprint density at radius 2 is 2.00 bits per heavy atom. The zero-order valence-corrected chi connectivity index (χ0v) is 10.4. The highest BCUT2D eigenvalue weighted by molar-refractivity contribution is 5.90. The van der Waals surface area contributed by atoms with Crippen LogP contribution in [0.15, 0.2) is 42.5 Å². The van der Waals surface area contributed by atoms with Gasteiger partial charge < -0.3 is 5.73 Å². The highest BCUT2D eigenvalue weighted by Gasteiger charge is 2.09. The number of hydrogen-bond acceptors (Lipinski definition) is 2. The van der Waals surface area contributed by atoms with Gasteiger partial charge in [0.15, 0.2) is 5.78 Å². The van der Waals surface area contributed by atoms with E-state index in [0.29, 0.717) is 18.2 Å². The van der Waals surface area contributed by atoms with Gasteiger partial charge in [-0.25, -0.2) is 0 Å². The predicted molar refractivity (Wildman–Crippen MR) is 71.5 cm³/mol. The van der Waals surface area contributed by atoms with Crippen molar-refractivity contribution in [2.45, 2.75) is 32.7 Å². The quantitative estimate of drug-likeness (QED) is 0.850. The van der Waals surface area contributed by atoms with E-state index in [0.717, 1.165) is 12.8 Å². The van der Waals surface area contributed by atoms with E-state index in [2.05, 4.69) is 6.92 Å². The lowest BCUT2D eigenvalue weighted by atomic mass is 9.93. The first-order valence-electron chi connectivity index (χ1n) is 6.21. The van der Waals surface area contributed by atoms with Crippen LogP contribution in [0.3, 0.4) is 0 Å². The van der Waals surface area contributed by atoms with Crippen molar-refractivity contribution in [3.63, 3.8) is 0 Å². The average Bonchev–Trinajstić information content (AvgIpc) is 2.41. The molecule has 0 fully saturated rings. The zero-order valence-electron chi connectivity index (χ0n) is 10.4. The van der Waals surface area contributed by atoms with Crippen molar-refractivity contribution in [2.24, 2.45) is 11.7 Å². The number of allylic oxidation sites excluding steroid dienone is 2. The summed E-state index contributed by atoms with van der Waals surface area (Å²) in [4.78, 5) is 10.6. The van der Waals surface area contributed by atoms with E-state index < -0.39 is 0 Å². The molecular formula is C15H21NO. The number of carbonyl (C=O) groups is 1. The summed E-state index contributed by atoms with van der Waals surface area (Å²) in [5, 5.41) is 0. The lowest BCUT2D eigenvalue weighted by Gasteiger charge is -2.11. The molecule has 2 nitrogen and oxygen atoms in total. The molecule has 1 unspecified atom stereocenters. The van der Waals surface area contributed by atoms with Crippen LogP contribution in [0.2, 0.25) is 0 Å². The standard InChI is InChI=1S/C8H12O.C7H9N/c1-2-7-3-5-8(9)6-4-7;8-6-7-4-2-1-3-5-7/h3,5,7H,2,4,6H2,1H3;1-5H,6,8H2. The predicted octanol–water partition coefficient (Wildman–Crippen LogP) is 3.08. The highest BCUT2D eigenvalue weighted by atomic mass is 16.1. The average molecular weight is 231 g/mol. The van der Waals surface area contributed by atoms with Gasteiger partial charge in [0.05, 0.1) is 0 Å². The summed E-state index contributed by atoms with van der Waals surface area (Å²) in [6.45, 7) is 2.80. The van der Waals surface area contributed by atoms with Crippen LogP contribution < -0.4 is 5.73 Å². The molecule has 0 heterocycles. The second-order valence-corrected chi connectivity index (χ2v) is 4.22. The van der Waals surface area contributed by atoms with Crippen molar-refractivity contribution < 1.29 is 4.79 Å². The van der Waals surface area contributed by atoms with Crippen molar-refractivity contribution >= 4 is 5.78 Å². The molecule has 0 bridgehead atoms. The summed E-state index contributed by atoms with van der Waals surface area (Å²) < 4.78 is 0. The van der Waals surface area contributed by atoms with Crippen LogP contribution in [-0.4, -0.2) is 5.78 Å². The zero-order chi connectivity index (χ0) is 12.5. The minimum atomic E-state index is 0.291. The lowest BCUT2D eigenvalue weighted by Crippen LogP contribution is -2.05. The Hall–Kier alpha value is -1.41. The van der Waals surface area contributed by atoms with Crippen molar-refractivity contribution in [3.8, 4) is 0 Å². The van der Waals surface area contributed by atoms with Crippen LogP contribution >= 0.6 is 0 Å². The molecule has 2 heteroatoms. The smallest absolute Gasteiger partial charge is 0.155 e.